The normalized spacial score (nSPS) is 11.5. The van der Waals surface area contributed by atoms with Gasteiger partial charge in [0.25, 0.3) is 0 Å². The van der Waals surface area contributed by atoms with Crippen LogP contribution in [0.4, 0.5) is 0 Å². The molecule has 0 rings (SSSR count). The molecule has 112 valence electrons. The van der Waals surface area contributed by atoms with Gasteiger partial charge in [-0.15, -0.1) is 0 Å². The average molecular weight is 270 g/mol. The maximum absolute atomic E-state index is 3.77. The first kappa shape index (κ1) is 22.5. The molecule has 0 unspecified atom stereocenters. The van der Waals surface area contributed by atoms with Crippen LogP contribution in [0.5, 0.6) is 0 Å². The fourth-order valence-corrected chi connectivity index (χ4v) is 3.73. The zero-order chi connectivity index (χ0) is 14.9. The van der Waals surface area contributed by atoms with Gasteiger partial charge in [-0.05, 0) is 6.42 Å². The summed E-state index contributed by atoms with van der Waals surface area (Å²) < 4.78 is 0. The van der Waals surface area contributed by atoms with E-state index in [1.165, 1.54) is 31.8 Å². The van der Waals surface area contributed by atoms with Crippen LogP contribution in [0.25, 0.3) is 0 Å². The van der Waals surface area contributed by atoms with Crippen molar-refractivity contribution in [3.05, 3.63) is 0 Å². The van der Waals surface area contributed by atoms with Gasteiger partial charge in [0.05, 0.1) is 6.15 Å². The molecular formula is C18H36BLi. The average Bonchev–Trinajstić information content (AvgIpc) is 2.21. The summed E-state index contributed by atoms with van der Waals surface area (Å²) in [7, 11) is 0. The van der Waals surface area contributed by atoms with E-state index in [4.69, 9.17) is 0 Å². The van der Waals surface area contributed by atoms with Gasteiger partial charge in [-0.25, -0.2) is 0 Å². The Morgan fingerprint density at radius 3 is 1.50 bits per heavy atom. The van der Waals surface area contributed by atoms with E-state index in [1.807, 2.05) is 0 Å². The third-order valence-corrected chi connectivity index (χ3v) is 3.83. The summed E-state index contributed by atoms with van der Waals surface area (Å²) in [6, 6.07) is 0. The largest absolute Gasteiger partial charge is 1.00 e. The first-order valence-electron chi connectivity index (χ1n) is 8.51. The Morgan fingerprint density at radius 2 is 1.20 bits per heavy atom. The first-order chi connectivity index (χ1) is 8.81. The smallest absolute Gasteiger partial charge is 0.315 e. The molecule has 2 heteroatoms. The van der Waals surface area contributed by atoms with E-state index >= 15 is 0 Å². The molecule has 0 aliphatic rings. The summed E-state index contributed by atoms with van der Waals surface area (Å²) in [4.78, 5) is 0. The number of hydrogen-bond acceptors (Lipinski definition) is 0. The number of hydrogen-bond donors (Lipinski definition) is 0. The van der Waals surface area contributed by atoms with Crippen LogP contribution < -0.4 is 18.9 Å². The molecule has 0 aromatic carbocycles. The summed E-state index contributed by atoms with van der Waals surface area (Å²) in [6.45, 7) is 16.4. The second-order valence-electron chi connectivity index (χ2n) is 7.79. The van der Waals surface area contributed by atoms with Gasteiger partial charge in [0.1, 0.15) is 0 Å². The fourth-order valence-electron chi connectivity index (χ4n) is 3.73. The van der Waals surface area contributed by atoms with Gasteiger partial charge in [0.15, 0.2) is 0 Å². The van der Waals surface area contributed by atoms with Gasteiger partial charge >= 0.3 is 18.9 Å². The van der Waals surface area contributed by atoms with E-state index in [9.17, 15) is 0 Å². The maximum atomic E-state index is 3.77. The number of unbranched alkanes of at least 4 members (excludes halogenated alkanes) is 2. The van der Waals surface area contributed by atoms with E-state index in [-0.39, 0.29) is 18.9 Å². The monoisotopic (exact) mass is 270 g/mol. The Balaban J connectivity index is 0. The molecule has 0 aliphatic heterocycles. The van der Waals surface area contributed by atoms with Crippen LogP contribution in [0.15, 0.2) is 0 Å². The van der Waals surface area contributed by atoms with Crippen molar-refractivity contribution in [1.29, 1.82) is 0 Å². The second kappa shape index (κ2) is 11.8. The van der Waals surface area contributed by atoms with Crippen LogP contribution >= 0.6 is 0 Å². The van der Waals surface area contributed by atoms with Crippen molar-refractivity contribution in [3.63, 3.8) is 0 Å². The van der Waals surface area contributed by atoms with E-state index in [0.29, 0.717) is 0 Å². The van der Waals surface area contributed by atoms with E-state index in [1.54, 1.807) is 0 Å². The summed E-state index contributed by atoms with van der Waals surface area (Å²) in [5.74, 6) is 9.58. The molecule has 0 nitrogen and oxygen atoms in total. The van der Waals surface area contributed by atoms with Gasteiger partial charge in [0, 0.05) is 6.42 Å². The van der Waals surface area contributed by atoms with E-state index in [2.05, 4.69) is 60.2 Å². The Kier molecular flexibility index (Phi) is 13.3. The van der Waals surface area contributed by atoms with Crippen molar-refractivity contribution < 1.29 is 18.9 Å². The van der Waals surface area contributed by atoms with Crippen LogP contribution in [-0.4, -0.2) is 6.15 Å². The van der Waals surface area contributed by atoms with Gasteiger partial charge in [-0.2, -0.15) is 24.9 Å². The summed E-state index contributed by atoms with van der Waals surface area (Å²) >= 11 is 0. The van der Waals surface area contributed by atoms with Gasteiger partial charge in [0.2, 0.25) is 0 Å². The van der Waals surface area contributed by atoms with Gasteiger partial charge < -0.3 is 5.82 Å². The van der Waals surface area contributed by atoms with Crippen molar-refractivity contribution in [1.82, 2.24) is 0 Å². The minimum Gasteiger partial charge on any atom is -0.315 e. The van der Waals surface area contributed by atoms with E-state index in [0.717, 1.165) is 24.2 Å². The third-order valence-electron chi connectivity index (χ3n) is 3.83. The molecule has 0 amide bonds. The van der Waals surface area contributed by atoms with Crippen molar-refractivity contribution in [2.75, 3.05) is 0 Å². The summed E-state index contributed by atoms with van der Waals surface area (Å²) in [5.41, 5.74) is 0. The Labute approximate surface area is 141 Å². The molecule has 20 heavy (non-hydrogen) atoms. The molecule has 0 aromatic heterocycles. The molecule has 0 spiro atoms. The Hall–Kier alpha value is 0.222. The minimum absolute atomic E-state index is 0. The molecule has 0 fully saturated rings. The summed E-state index contributed by atoms with van der Waals surface area (Å²) in [6.07, 6.45) is 7.06. The zero-order valence-corrected chi connectivity index (χ0v) is 15.6. The molecule has 0 heterocycles. The Bertz CT molecular complexity index is 257. The van der Waals surface area contributed by atoms with E-state index < -0.39 is 6.15 Å². The zero-order valence-electron chi connectivity index (χ0n) is 15.6. The molecule has 0 aromatic rings. The Morgan fingerprint density at radius 1 is 0.800 bits per heavy atom. The van der Waals surface area contributed by atoms with Crippen LogP contribution in [0.3, 0.4) is 0 Å². The molecular weight excluding hydrogens is 234 g/mol. The van der Waals surface area contributed by atoms with Crippen LogP contribution in [0, 0.1) is 29.5 Å². The van der Waals surface area contributed by atoms with Crippen LogP contribution in [0.1, 0.15) is 67.7 Å². The molecule has 0 saturated carbocycles. The van der Waals surface area contributed by atoms with Gasteiger partial charge in [-0.1, -0.05) is 72.6 Å². The van der Waals surface area contributed by atoms with Crippen LogP contribution in [0.2, 0.25) is 19.0 Å². The van der Waals surface area contributed by atoms with Crippen molar-refractivity contribution in [2.24, 2.45) is 17.8 Å². The predicted molar refractivity (Wildman–Crippen MR) is 92.0 cm³/mol. The predicted octanol–water partition coefficient (Wildman–Crippen LogP) is 3.14. The minimum atomic E-state index is -0.488. The molecule has 0 atom stereocenters. The molecule has 0 N–H and O–H groups in total. The van der Waals surface area contributed by atoms with Crippen molar-refractivity contribution in [3.8, 4) is 11.7 Å². The molecule has 0 bridgehead atoms. The topological polar surface area (TPSA) is 0 Å². The molecule has 0 radical (unpaired) electrons. The molecule has 0 saturated heterocycles. The molecule has 0 aliphatic carbocycles. The summed E-state index contributed by atoms with van der Waals surface area (Å²) in [5, 5.41) is 0. The van der Waals surface area contributed by atoms with Crippen molar-refractivity contribution >= 4 is 6.15 Å². The first-order valence-corrected chi connectivity index (χ1v) is 8.51. The second-order valence-corrected chi connectivity index (χ2v) is 7.79. The van der Waals surface area contributed by atoms with Crippen LogP contribution in [-0.2, 0) is 0 Å². The van der Waals surface area contributed by atoms with Crippen molar-refractivity contribution in [2.45, 2.75) is 86.7 Å². The van der Waals surface area contributed by atoms with Gasteiger partial charge in [-0.3, -0.25) is 0 Å². The number of rotatable bonds is 8. The SMILES string of the molecule is CCCCC#C[B-](CC(C)C)(CC(C)C)CC(C)C.[Li+]. The maximum Gasteiger partial charge on any atom is 1.00 e. The standard InChI is InChI=1S/C18H36B.Li/c1-8-9-10-11-12-19(13-16(2)3,14-17(4)5)15-18(6)7;/h16-18H,8-10,13-15H2,1-7H3;/q-1;+1. The fraction of sp³-hybridized carbons (Fsp3) is 0.889. The third kappa shape index (κ3) is 10.9. The quantitative estimate of drug-likeness (QED) is 0.361.